The highest BCUT2D eigenvalue weighted by molar-refractivity contribution is 7.92. The van der Waals surface area contributed by atoms with Crippen LogP contribution < -0.4 is 15.4 Å². The Balaban J connectivity index is 1.96. The van der Waals surface area contributed by atoms with Crippen LogP contribution >= 0.6 is 0 Å². The van der Waals surface area contributed by atoms with E-state index in [9.17, 15) is 18.0 Å². The number of sulfonamides is 1. The first-order valence-electron chi connectivity index (χ1n) is 8.10. The summed E-state index contributed by atoms with van der Waals surface area (Å²) in [6.07, 6.45) is 2.02. The van der Waals surface area contributed by atoms with Gasteiger partial charge in [-0.05, 0) is 24.6 Å². The zero-order chi connectivity index (χ0) is 19.9. The minimum Gasteiger partial charge on any atom is -0.468 e. The van der Waals surface area contributed by atoms with E-state index in [-0.39, 0.29) is 18.1 Å². The third kappa shape index (κ3) is 6.62. The monoisotopic (exact) mass is 395 g/mol. The fourth-order valence-electron chi connectivity index (χ4n) is 2.15. The molecule has 0 bridgehead atoms. The Morgan fingerprint density at radius 3 is 2.63 bits per heavy atom. The van der Waals surface area contributed by atoms with Gasteiger partial charge in [-0.15, -0.1) is 0 Å². The molecule has 0 saturated carbocycles. The summed E-state index contributed by atoms with van der Waals surface area (Å²) in [6, 6.07) is 7.29. The molecule has 2 amide bonds. The van der Waals surface area contributed by atoms with Gasteiger partial charge in [0, 0.05) is 18.0 Å². The summed E-state index contributed by atoms with van der Waals surface area (Å²) in [4.78, 5) is 23.3. The molecule has 0 unspecified atom stereocenters. The van der Waals surface area contributed by atoms with Gasteiger partial charge < -0.3 is 10.1 Å². The largest absolute Gasteiger partial charge is 0.468 e. The summed E-state index contributed by atoms with van der Waals surface area (Å²) in [6.45, 7) is 1.70. The normalized spacial score (nSPS) is 10.9. The lowest BCUT2D eigenvalue weighted by molar-refractivity contribution is -0.141. The highest BCUT2D eigenvalue weighted by Crippen LogP contribution is 2.17. The molecule has 0 aliphatic heterocycles. The predicted molar refractivity (Wildman–Crippen MR) is 101 cm³/mol. The zero-order valence-electron chi connectivity index (χ0n) is 14.9. The molecule has 0 aliphatic carbocycles. The number of rotatable bonds is 8. The second-order valence-electron chi connectivity index (χ2n) is 5.56. The smallest absolute Gasteiger partial charge is 0.327 e. The molecule has 2 rings (SSSR count). The number of benzene rings is 1. The Hall–Kier alpha value is -3.08. The molecule has 0 saturated heterocycles. The molecule has 0 radical (unpaired) electrons. The van der Waals surface area contributed by atoms with Crippen LogP contribution in [0, 0.1) is 0 Å². The summed E-state index contributed by atoms with van der Waals surface area (Å²) in [5.74, 6) is -0.202. The molecule has 0 aliphatic rings. The van der Waals surface area contributed by atoms with Gasteiger partial charge in [-0.2, -0.15) is 5.10 Å². The number of methoxy groups -OCH3 is 1. The molecular formula is C16H21N5O5S. The number of urea groups is 1. The number of ether oxygens (including phenoxy) is 1. The number of nitrogens with zero attached hydrogens (tertiary/aromatic N) is 2. The van der Waals surface area contributed by atoms with Crippen LogP contribution in [-0.4, -0.2) is 43.1 Å². The van der Waals surface area contributed by atoms with Gasteiger partial charge in [0.05, 0.1) is 18.6 Å². The van der Waals surface area contributed by atoms with Gasteiger partial charge in [-0.3, -0.25) is 19.5 Å². The molecular weight excluding hydrogens is 374 g/mol. The van der Waals surface area contributed by atoms with Crippen LogP contribution in [0.25, 0.3) is 0 Å². The van der Waals surface area contributed by atoms with Crippen molar-refractivity contribution < 1.29 is 22.7 Å². The number of hydrogen-bond donors (Lipinski definition) is 3. The zero-order valence-corrected chi connectivity index (χ0v) is 15.7. The van der Waals surface area contributed by atoms with Crippen molar-refractivity contribution in [2.75, 3.05) is 28.2 Å². The summed E-state index contributed by atoms with van der Waals surface area (Å²) >= 11 is 0. The van der Waals surface area contributed by atoms with E-state index >= 15 is 0 Å². The van der Waals surface area contributed by atoms with E-state index < -0.39 is 22.0 Å². The van der Waals surface area contributed by atoms with Crippen LogP contribution in [0.2, 0.25) is 0 Å². The topological polar surface area (TPSA) is 131 Å². The average Bonchev–Trinajstić information content (AvgIpc) is 3.01. The number of aromatic nitrogens is 2. The molecule has 0 fully saturated rings. The van der Waals surface area contributed by atoms with Crippen LogP contribution in [0.1, 0.15) is 13.3 Å². The highest BCUT2D eigenvalue weighted by atomic mass is 32.2. The third-order valence-electron chi connectivity index (χ3n) is 3.27. The first kappa shape index (κ1) is 20.2. The van der Waals surface area contributed by atoms with E-state index in [0.717, 1.165) is 0 Å². The van der Waals surface area contributed by atoms with Gasteiger partial charge in [0.2, 0.25) is 10.0 Å². The second kappa shape index (κ2) is 9.03. The molecule has 0 spiro atoms. The van der Waals surface area contributed by atoms with Gasteiger partial charge in [0.1, 0.15) is 6.54 Å². The van der Waals surface area contributed by atoms with Crippen LogP contribution in [0.4, 0.5) is 22.0 Å². The van der Waals surface area contributed by atoms with E-state index in [1.54, 1.807) is 25.1 Å². The summed E-state index contributed by atoms with van der Waals surface area (Å²) in [5.41, 5.74) is 0.752. The predicted octanol–water partition coefficient (Wildman–Crippen LogP) is 1.85. The van der Waals surface area contributed by atoms with Crippen molar-refractivity contribution >= 4 is 39.2 Å². The lowest BCUT2D eigenvalue weighted by atomic mass is 10.3. The molecule has 10 nitrogen and oxygen atoms in total. The minimum absolute atomic E-state index is 0.0133. The minimum atomic E-state index is -3.42. The molecule has 0 atom stereocenters. The summed E-state index contributed by atoms with van der Waals surface area (Å²) in [7, 11) is -2.14. The van der Waals surface area contributed by atoms with E-state index in [1.165, 1.54) is 30.1 Å². The second-order valence-corrected chi connectivity index (χ2v) is 7.40. The number of amides is 2. The van der Waals surface area contributed by atoms with Crippen LogP contribution in [0.3, 0.4) is 0 Å². The molecule has 1 aromatic heterocycles. The van der Waals surface area contributed by atoms with Gasteiger partial charge in [-0.25, -0.2) is 13.2 Å². The fraction of sp³-hybridized carbons (Fsp3) is 0.312. The Morgan fingerprint density at radius 1 is 1.19 bits per heavy atom. The van der Waals surface area contributed by atoms with E-state index in [0.29, 0.717) is 17.8 Å². The maximum absolute atomic E-state index is 12.1. The van der Waals surface area contributed by atoms with E-state index in [1.807, 2.05) is 0 Å². The molecule has 146 valence electrons. The standard InChI is InChI=1S/C16H21N5O5S/c1-3-9-27(24,25)20-13-6-4-5-12(10-13)17-16(23)18-14-7-8-21(19-14)11-15(22)26-2/h4-8,10,20H,3,9,11H2,1-2H3,(H2,17,18,19,23). The molecule has 2 aromatic rings. The van der Waals surface area contributed by atoms with Crippen molar-refractivity contribution in [1.29, 1.82) is 0 Å². The summed E-state index contributed by atoms with van der Waals surface area (Å²) < 4.78 is 32.0. The number of anilines is 3. The van der Waals surface area contributed by atoms with Gasteiger partial charge >= 0.3 is 12.0 Å². The maximum atomic E-state index is 12.1. The molecule has 1 aromatic carbocycles. The first-order valence-corrected chi connectivity index (χ1v) is 9.75. The number of carbonyl (C=O) groups is 2. The SMILES string of the molecule is CCCS(=O)(=O)Nc1cccc(NC(=O)Nc2ccn(CC(=O)OC)n2)c1. The number of nitrogens with one attached hydrogen (secondary N) is 3. The Kier molecular flexibility index (Phi) is 6.77. The molecule has 1 heterocycles. The van der Waals surface area contributed by atoms with Crippen molar-refractivity contribution in [3.05, 3.63) is 36.5 Å². The van der Waals surface area contributed by atoms with E-state index in [2.05, 4.69) is 25.2 Å². The third-order valence-corrected chi connectivity index (χ3v) is 4.76. The summed E-state index contributed by atoms with van der Waals surface area (Å²) in [5, 5.41) is 9.12. The van der Waals surface area contributed by atoms with Crippen molar-refractivity contribution in [2.24, 2.45) is 0 Å². The quantitative estimate of drug-likeness (QED) is 0.585. The van der Waals surface area contributed by atoms with Crippen molar-refractivity contribution in [1.82, 2.24) is 9.78 Å². The Morgan fingerprint density at radius 2 is 1.93 bits per heavy atom. The van der Waals surface area contributed by atoms with E-state index in [4.69, 9.17) is 0 Å². The Labute approximate surface area is 156 Å². The van der Waals surface area contributed by atoms with Gasteiger partial charge in [0.15, 0.2) is 5.82 Å². The fourth-order valence-corrected chi connectivity index (χ4v) is 3.28. The number of esters is 1. The lowest BCUT2D eigenvalue weighted by Crippen LogP contribution is -2.20. The lowest BCUT2D eigenvalue weighted by Gasteiger charge is -2.10. The maximum Gasteiger partial charge on any atom is 0.327 e. The van der Waals surface area contributed by atoms with Crippen molar-refractivity contribution in [3.63, 3.8) is 0 Å². The molecule has 11 heteroatoms. The van der Waals surface area contributed by atoms with Gasteiger partial charge in [0.25, 0.3) is 0 Å². The molecule has 27 heavy (non-hydrogen) atoms. The van der Waals surface area contributed by atoms with Crippen LogP contribution in [0.15, 0.2) is 36.5 Å². The highest BCUT2D eigenvalue weighted by Gasteiger charge is 2.11. The van der Waals surface area contributed by atoms with Crippen LogP contribution in [-0.2, 0) is 26.1 Å². The van der Waals surface area contributed by atoms with Gasteiger partial charge in [-0.1, -0.05) is 13.0 Å². The molecule has 3 N–H and O–H groups in total. The van der Waals surface area contributed by atoms with Crippen LogP contribution in [0.5, 0.6) is 0 Å². The van der Waals surface area contributed by atoms with Crippen molar-refractivity contribution in [2.45, 2.75) is 19.9 Å². The number of hydrogen-bond acceptors (Lipinski definition) is 6. The number of carbonyl (C=O) groups excluding carboxylic acids is 2. The average molecular weight is 395 g/mol. The first-order chi connectivity index (χ1) is 12.8. The van der Waals surface area contributed by atoms with Crippen molar-refractivity contribution in [3.8, 4) is 0 Å². The Bertz CT molecular complexity index is 909.